The minimum atomic E-state index is -0.280. The summed E-state index contributed by atoms with van der Waals surface area (Å²) < 4.78 is 20.1. The van der Waals surface area contributed by atoms with Gasteiger partial charge in [-0.15, -0.1) is 0 Å². The van der Waals surface area contributed by atoms with Crippen molar-refractivity contribution in [3.63, 3.8) is 0 Å². The second kappa shape index (κ2) is 8.28. The van der Waals surface area contributed by atoms with Gasteiger partial charge in [0.1, 0.15) is 11.6 Å². The lowest BCUT2D eigenvalue weighted by Gasteiger charge is -2.07. The summed E-state index contributed by atoms with van der Waals surface area (Å²) in [5.74, 6) is 0.778. The van der Waals surface area contributed by atoms with Crippen molar-refractivity contribution in [1.29, 1.82) is 0 Å². The van der Waals surface area contributed by atoms with E-state index in [1.165, 1.54) is 12.1 Å². The Hall–Kier alpha value is -2.41. The predicted octanol–water partition coefficient (Wildman–Crippen LogP) is 1.96. The number of ether oxygens (including phenoxy) is 1. The van der Waals surface area contributed by atoms with E-state index in [1.807, 2.05) is 17.7 Å². The highest BCUT2D eigenvalue weighted by atomic mass is 19.1. The van der Waals surface area contributed by atoms with E-state index in [0.29, 0.717) is 24.7 Å². The van der Waals surface area contributed by atoms with E-state index in [1.54, 1.807) is 19.2 Å². The molecule has 0 unspecified atom stereocenters. The molecule has 1 amide bonds. The van der Waals surface area contributed by atoms with Gasteiger partial charge in [0.25, 0.3) is 0 Å². The first-order valence-electron chi connectivity index (χ1n) is 7.46. The maximum atomic E-state index is 12.8. The lowest BCUT2D eigenvalue weighted by Crippen LogP contribution is -2.25. The Morgan fingerprint density at radius 2 is 2.09 bits per heavy atom. The monoisotopic (exact) mass is 320 g/mol. The molecule has 2 aromatic rings. The molecule has 1 heterocycles. The van der Waals surface area contributed by atoms with Crippen LogP contribution in [0, 0.1) is 12.7 Å². The Balaban J connectivity index is 1.78. The second-order valence-corrected chi connectivity index (χ2v) is 5.13. The van der Waals surface area contributed by atoms with Crippen molar-refractivity contribution in [2.45, 2.75) is 19.9 Å². The highest BCUT2D eigenvalue weighted by molar-refractivity contribution is 5.91. The molecule has 0 fully saturated rings. The van der Waals surface area contributed by atoms with Crippen molar-refractivity contribution in [3.05, 3.63) is 41.8 Å². The predicted molar refractivity (Wildman–Crippen MR) is 86.0 cm³/mol. The van der Waals surface area contributed by atoms with Crippen molar-refractivity contribution in [2.24, 2.45) is 0 Å². The molecular weight excluding hydrogens is 299 g/mol. The lowest BCUT2D eigenvalue weighted by molar-refractivity contribution is -0.115. The Labute approximate surface area is 134 Å². The molecule has 124 valence electrons. The zero-order valence-electron chi connectivity index (χ0n) is 13.3. The van der Waals surface area contributed by atoms with E-state index in [0.717, 1.165) is 12.1 Å². The normalized spacial score (nSPS) is 10.6. The Morgan fingerprint density at radius 3 is 2.78 bits per heavy atom. The number of nitrogens with zero attached hydrogens (tertiary/aromatic N) is 2. The van der Waals surface area contributed by atoms with Crippen molar-refractivity contribution in [3.8, 4) is 5.75 Å². The summed E-state index contributed by atoms with van der Waals surface area (Å²) in [6.07, 6.45) is 0.754. The molecule has 23 heavy (non-hydrogen) atoms. The van der Waals surface area contributed by atoms with Crippen molar-refractivity contribution in [1.82, 2.24) is 15.1 Å². The maximum Gasteiger partial charge on any atom is 0.239 e. The number of hydrogen-bond donors (Lipinski definition) is 2. The summed E-state index contributed by atoms with van der Waals surface area (Å²) >= 11 is 0. The molecular formula is C16H21FN4O2. The molecule has 0 radical (unpaired) electrons. The van der Waals surface area contributed by atoms with Gasteiger partial charge in [-0.1, -0.05) is 0 Å². The third kappa shape index (κ3) is 5.37. The highest BCUT2D eigenvalue weighted by Crippen LogP contribution is 2.12. The molecule has 7 heteroatoms. The number of benzene rings is 1. The maximum absolute atomic E-state index is 12.8. The van der Waals surface area contributed by atoms with Gasteiger partial charge in [0.05, 0.1) is 13.2 Å². The standard InChI is InChI=1S/C16H21FN4O2/c1-12-10-15(19-16(22)11-18-2)20-21(12)8-3-9-23-14-6-4-13(17)5-7-14/h4-7,10,18H,3,8-9,11H2,1-2H3,(H,19,20,22). The molecule has 0 atom stereocenters. The number of halogens is 1. The van der Waals surface area contributed by atoms with E-state index in [9.17, 15) is 9.18 Å². The minimum absolute atomic E-state index is 0.128. The number of carbonyl (C=O) groups is 1. The van der Waals surface area contributed by atoms with Gasteiger partial charge in [-0.3, -0.25) is 9.48 Å². The van der Waals surface area contributed by atoms with Gasteiger partial charge in [-0.2, -0.15) is 5.10 Å². The number of rotatable bonds is 8. The first kappa shape index (κ1) is 17.0. The average Bonchev–Trinajstić information content (AvgIpc) is 2.85. The van der Waals surface area contributed by atoms with Gasteiger partial charge in [0.2, 0.25) is 5.91 Å². The van der Waals surface area contributed by atoms with Gasteiger partial charge >= 0.3 is 0 Å². The molecule has 0 spiro atoms. The molecule has 0 aliphatic carbocycles. The van der Waals surface area contributed by atoms with Crippen LogP contribution in [0.25, 0.3) is 0 Å². The van der Waals surface area contributed by atoms with Crippen LogP contribution in [0.4, 0.5) is 10.2 Å². The average molecular weight is 320 g/mol. The van der Waals surface area contributed by atoms with Crippen LogP contribution >= 0.6 is 0 Å². The molecule has 6 nitrogen and oxygen atoms in total. The number of likely N-dealkylation sites (N-methyl/N-ethyl adjacent to an activating group) is 1. The summed E-state index contributed by atoms with van der Waals surface area (Å²) in [4.78, 5) is 11.5. The molecule has 0 aliphatic rings. The Kier molecular flexibility index (Phi) is 6.10. The van der Waals surface area contributed by atoms with Crippen LogP contribution in [0.15, 0.2) is 30.3 Å². The van der Waals surface area contributed by atoms with Gasteiger partial charge in [-0.25, -0.2) is 4.39 Å². The third-order valence-electron chi connectivity index (χ3n) is 3.18. The van der Waals surface area contributed by atoms with Gasteiger partial charge in [-0.05, 0) is 38.2 Å². The number of nitrogens with one attached hydrogen (secondary N) is 2. The smallest absolute Gasteiger partial charge is 0.239 e. The van der Waals surface area contributed by atoms with Crippen LogP contribution < -0.4 is 15.4 Å². The third-order valence-corrected chi connectivity index (χ3v) is 3.18. The summed E-state index contributed by atoms with van der Waals surface area (Å²) in [5, 5.41) is 9.85. The van der Waals surface area contributed by atoms with Crippen LogP contribution in [-0.4, -0.2) is 35.9 Å². The molecule has 0 saturated carbocycles. The molecule has 2 rings (SSSR count). The SMILES string of the molecule is CNCC(=O)Nc1cc(C)n(CCCOc2ccc(F)cc2)n1. The highest BCUT2D eigenvalue weighted by Gasteiger charge is 2.07. The second-order valence-electron chi connectivity index (χ2n) is 5.13. The number of hydrogen-bond acceptors (Lipinski definition) is 4. The molecule has 0 saturated heterocycles. The molecule has 2 N–H and O–H groups in total. The van der Waals surface area contributed by atoms with Gasteiger partial charge < -0.3 is 15.4 Å². The molecule has 1 aromatic carbocycles. The van der Waals surface area contributed by atoms with E-state index in [2.05, 4.69) is 15.7 Å². The summed E-state index contributed by atoms with van der Waals surface area (Å²) in [6.45, 7) is 3.36. The molecule has 0 bridgehead atoms. The summed E-state index contributed by atoms with van der Waals surface area (Å²) in [5.41, 5.74) is 0.964. The summed E-state index contributed by atoms with van der Waals surface area (Å²) in [6, 6.07) is 7.77. The fourth-order valence-corrected chi connectivity index (χ4v) is 2.08. The van der Waals surface area contributed by atoms with Crippen LogP contribution in [0.3, 0.4) is 0 Å². The Morgan fingerprint density at radius 1 is 1.35 bits per heavy atom. The minimum Gasteiger partial charge on any atom is -0.494 e. The summed E-state index contributed by atoms with van der Waals surface area (Å²) in [7, 11) is 1.71. The number of amides is 1. The number of aromatic nitrogens is 2. The molecule has 1 aromatic heterocycles. The van der Waals surface area contributed by atoms with Crippen LogP contribution in [-0.2, 0) is 11.3 Å². The van der Waals surface area contributed by atoms with Crippen LogP contribution in [0.5, 0.6) is 5.75 Å². The van der Waals surface area contributed by atoms with E-state index < -0.39 is 0 Å². The topological polar surface area (TPSA) is 68.2 Å². The van der Waals surface area contributed by atoms with E-state index in [-0.39, 0.29) is 18.3 Å². The van der Waals surface area contributed by atoms with E-state index in [4.69, 9.17) is 4.74 Å². The zero-order valence-corrected chi connectivity index (χ0v) is 13.3. The van der Waals surface area contributed by atoms with Crippen molar-refractivity contribution >= 4 is 11.7 Å². The van der Waals surface area contributed by atoms with Gasteiger partial charge in [0.15, 0.2) is 5.82 Å². The van der Waals surface area contributed by atoms with Crippen LogP contribution in [0.1, 0.15) is 12.1 Å². The fraction of sp³-hybridized carbons (Fsp3) is 0.375. The van der Waals surface area contributed by atoms with Crippen molar-refractivity contribution < 1.29 is 13.9 Å². The number of aryl methyl sites for hydroxylation is 2. The number of anilines is 1. The van der Waals surface area contributed by atoms with Crippen molar-refractivity contribution in [2.75, 3.05) is 25.5 Å². The first-order chi connectivity index (χ1) is 11.1. The van der Waals surface area contributed by atoms with E-state index >= 15 is 0 Å². The fourth-order valence-electron chi connectivity index (χ4n) is 2.08. The van der Waals surface area contributed by atoms with Crippen LogP contribution in [0.2, 0.25) is 0 Å². The molecule has 0 aliphatic heterocycles. The van der Waals surface area contributed by atoms with Gasteiger partial charge in [0, 0.05) is 24.7 Å². The quantitative estimate of drug-likeness (QED) is 0.730. The first-order valence-corrected chi connectivity index (χ1v) is 7.46. The Bertz CT molecular complexity index is 640. The zero-order chi connectivity index (χ0) is 16.7. The lowest BCUT2D eigenvalue weighted by atomic mass is 10.3. The number of carbonyl (C=O) groups excluding carboxylic acids is 1. The largest absolute Gasteiger partial charge is 0.494 e.